The summed E-state index contributed by atoms with van der Waals surface area (Å²) in [7, 11) is 0. The second-order valence-electron chi connectivity index (χ2n) is 6.54. The maximum Gasteiger partial charge on any atom is 0.416 e. The highest BCUT2D eigenvalue weighted by Gasteiger charge is 2.30. The highest BCUT2D eigenvalue weighted by Crippen LogP contribution is 2.32. The topological polar surface area (TPSA) is 43.2 Å². The molecule has 0 amide bonds. The Balaban J connectivity index is 1.61. The van der Waals surface area contributed by atoms with Gasteiger partial charge in [-0.15, -0.1) is 10.2 Å². The van der Waals surface area contributed by atoms with Gasteiger partial charge in [-0.1, -0.05) is 48.2 Å². The molecule has 1 aliphatic heterocycles. The lowest BCUT2D eigenvalue weighted by Crippen LogP contribution is -2.37. The van der Waals surface area contributed by atoms with Crippen LogP contribution in [0.4, 0.5) is 19.1 Å². The van der Waals surface area contributed by atoms with E-state index in [1.165, 1.54) is 23.9 Å². The largest absolute Gasteiger partial charge is 0.416 e. The van der Waals surface area contributed by atoms with Gasteiger partial charge in [-0.05, 0) is 23.8 Å². The van der Waals surface area contributed by atoms with Gasteiger partial charge in [0.05, 0.1) is 24.5 Å². The van der Waals surface area contributed by atoms with Gasteiger partial charge < -0.3 is 9.64 Å². The first-order chi connectivity index (χ1) is 14.0. The van der Waals surface area contributed by atoms with Crippen molar-refractivity contribution >= 4 is 17.7 Å². The number of ether oxygens (including phenoxy) is 1. The maximum atomic E-state index is 13.0. The molecular formula is C20H19F3N4OS. The van der Waals surface area contributed by atoms with Crippen LogP contribution in [0.2, 0.25) is 0 Å². The van der Waals surface area contributed by atoms with Crippen LogP contribution in [0.1, 0.15) is 11.1 Å². The van der Waals surface area contributed by atoms with Crippen LogP contribution < -0.4 is 4.90 Å². The molecule has 2 aromatic carbocycles. The molecule has 1 aromatic heterocycles. The van der Waals surface area contributed by atoms with Crippen LogP contribution in [0, 0.1) is 0 Å². The fraction of sp³-hybridized carbons (Fsp3) is 0.300. The Morgan fingerprint density at radius 2 is 1.72 bits per heavy atom. The molecule has 29 heavy (non-hydrogen) atoms. The minimum absolute atomic E-state index is 0.359. The van der Waals surface area contributed by atoms with E-state index >= 15 is 0 Å². The molecule has 3 aromatic rings. The van der Waals surface area contributed by atoms with E-state index < -0.39 is 11.7 Å². The Bertz CT molecular complexity index is 956. The van der Waals surface area contributed by atoms with E-state index in [9.17, 15) is 13.2 Å². The minimum atomic E-state index is -4.35. The predicted molar refractivity (Wildman–Crippen MR) is 105 cm³/mol. The number of anilines is 1. The first-order valence-corrected chi connectivity index (χ1v) is 10.1. The molecule has 5 nitrogen and oxygen atoms in total. The number of hydrogen-bond acceptors (Lipinski definition) is 5. The zero-order chi connectivity index (χ0) is 20.3. The number of alkyl halides is 3. The number of thioether (sulfide) groups is 1. The van der Waals surface area contributed by atoms with Crippen molar-refractivity contribution in [2.24, 2.45) is 0 Å². The molecular weight excluding hydrogens is 401 g/mol. The lowest BCUT2D eigenvalue weighted by atomic mass is 10.1. The molecule has 0 radical (unpaired) electrons. The van der Waals surface area contributed by atoms with E-state index in [1.807, 2.05) is 34.9 Å². The molecule has 152 valence electrons. The average Bonchev–Trinajstić information content (AvgIpc) is 3.17. The monoisotopic (exact) mass is 420 g/mol. The van der Waals surface area contributed by atoms with Gasteiger partial charge in [-0.3, -0.25) is 4.57 Å². The quantitative estimate of drug-likeness (QED) is 0.572. The van der Waals surface area contributed by atoms with Crippen LogP contribution >= 0.6 is 11.8 Å². The number of rotatable bonds is 5. The van der Waals surface area contributed by atoms with E-state index in [4.69, 9.17) is 4.74 Å². The zero-order valence-electron chi connectivity index (χ0n) is 15.5. The second-order valence-corrected chi connectivity index (χ2v) is 7.48. The summed E-state index contributed by atoms with van der Waals surface area (Å²) in [6, 6.07) is 15.1. The van der Waals surface area contributed by atoms with Gasteiger partial charge in [0.2, 0.25) is 5.95 Å². The smallest absolute Gasteiger partial charge is 0.378 e. The van der Waals surface area contributed by atoms with Crippen LogP contribution in [0.5, 0.6) is 0 Å². The van der Waals surface area contributed by atoms with E-state index in [1.54, 1.807) is 6.07 Å². The number of para-hydroxylation sites is 1. The molecule has 2 heterocycles. The molecule has 0 saturated carbocycles. The number of hydrogen-bond donors (Lipinski definition) is 0. The summed E-state index contributed by atoms with van der Waals surface area (Å²) < 4.78 is 46.3. The third-order valence-electron chi connectivity index (χ3n) is 4.55. The first-order valence-electron chi connectivity index (χ1n) is 9.15. The molecule has 0 bridgehead atoms. The van der Waals surface area contributed by atoms with Gasteiger partial charge in [0.15, 0.2) is 5.16 Å². The van der Waals surface area contributed by atoms with Crippen molar-refractivity contribution in [3.63, 3.8) is 0 Å². The van der Waals surface area contributed by atoms with Crippen LogP contribution in [-0.4, -0.2) is 41.1 Å². The van der Waals surface area contributed by atoms with Crippen LogP contribution in [0.15, 0.2) is 59.8 Å². The SMILES string of the molecule is FC(F)(F)c1cccc(CSc2nnc(N3CCOCC3)n2-c2ccccc2)c1. The van der Waals surface area contributed by atoms with E-state index in [0.717, 1.165) is 11.8 Å². The summed E-state index contributed by atoms with van der Waals surface area (Å²) >= 11 is 1.36. The number of aromatic nitrogens is 3. The summed E-state index contributed by atoms with van der Waals surface area (Å²) in [6.45, 7) is 2.66. The van der Waals surface area contributed by atoms with E-state index in [0.29, 0.717) is 48.7 Å². The summed E-state index contributed by atoms with van der Waals surface area (Å²) in [5.41, 5.74) is 0.847. The molecule has 0 aliphatic carbocycles. The molecule has 1 aliphatic rings. The molecule has 1 saturated heterocycles. The zero-order valence-corrected chi connectivity index (χ0v) is 16.3. The molecule has 0 spiro atoms. The Kier molecular flexibility index (Phi) is 5.77. The predicted octanol–water partition coefficient (Wildman–Crippen LogP) is 4.42. The van der Waals surface area contributed by atoms with Crippen molar-refractivity contribution in [2.45, 2.75) is 17.1 Å². The number of halogens is 3. The van der Waals surface area contributed by atoms with E-state index in [-0.39, 0.29) is 0 Å². The van der Waals surface area contributed by atoms with Crippen LogP contribution in [0.3, 0.4) is 0 Å². The Morgan fingerprint density at radius 3 is 2.45 bits per heavy atom. The van der Waals surface area contributed by atoms with Crippen molar-refractivity contribution in [3.8, 4) is 5.69 Å². The molecule has 9 heteroatoms. The van der Waals surface area contributed by atoms with Gasteiger partial charge in [0.25, 0.3) is 0 Å². The third kappa shape index (κ3) is 4.56. The summed E-state index contributed by atoms with van der Waals surface area (Å²) in [5.74, 6) is 1.07. The van der Waals surface area contributed by atoms with Crippen LogP contribution in [-0.2, 0) is 16.7 Å². The van der Waals surface area contributed by atoms with Crippen molar-refractivity contribution in [1.82, 2.24) is 14.8 Å². The lowest BCUT2D eigenvalue weighted by Gasteiger charge is -2.27. The summed E-state index contributed by atoms with van der Waals surface area (Å²) in [4.78, 5) is 2.11. The van der Waals surface area contributed by atoms with Crippen molar-refractivity contribution < 1.29 is 17.9 Å². The van der Waals surface area contributed by atoms with Gasteiger partial charge >= 0.3 is 6.18 Å². The molecule has 1 fully saturated rings. The first kappa shape index (κ1) is 19.8. The summed E-state index contributed by atoms with van der Waals surface area (Å²) in [5, 5.41) is 9.33. The fourth-order valence-electron chi connectivity index (χ4n) is 3.11. The number of morpholine rings is 1. The molecule has 0 N–H and O–H groups in total. The van der Waals surface area contributed by atoms with Gasteiger partial charge in [-0.2, -0.15) is 13.2 Å². The average molecular weight is 420 g/mol. The molecule has 0 unspecified atom stereocenters. The van der Waals surface area contributed by atoms with Crippen molar-refractivity contribution in [1.29, 1.82) is 0 Å². The van der Waals surface area contributed by atoms with Gasteiger partial charge in [-0.25, -0.2) is 0 Å². The Hall–Kier alpha value is -2.52. The fourth-order valence-corrected chi connectivity index (χ4v) is 4.00. The standard InChI is InChI=1S/C20H19F3N4OS/c21-20(22,23)16-6-4-5-15(13-16)14-29-19-25-24-18(26-9-11-28-12-10-26)27(19)17-7-2-1-3-8-17/h1-8,13H,9-12,14H2. The second kappa shape index (κ2) is 8.46. The van der Waals surface area contributed by atoms with Gasteiger partial charge in [0.1, 0.15) is 0 Å². The Labute approximate surface area is 170 Å². The van der Waals surface area contributed by atoms with Crippen molar-refractivity contribution in [3.05, 3.63) is 65.7 Å². The Morgan fingerprint density at radius 1 is 0.966 bits per heavy atom. The normalized spacial score (nSPS) is 14.9. The molecule has 0 atom stereocenters. The van der Waals surface area contributed by atoms with Crippen LogP contribution in [0.25, 0.3) is 5.69 Å². The highest BCUT2D eigenvalue weighted by molar-refractivity contribution is 7.98. The molecule has 4 rings (SSSR count). The number of nitrogens with zero attached hydrogens (tertiary/aromatic N) is 4. The number of benzene rings is 2. The van der Waals surface area contributed by atoms with E-state index in [2.05, 4.69) is 15.1 Å². The van der Waals surface area contributed by atoms with Crippen molar-refractivity contribution in [2.75, 3.05) is 31.2 Å². The van der Waals surface area contributed by atoms with Gasteiger partial charge in [0, 0.05) is 18.8 Å². The maximum absolute atomic E-state index is 13.0. The summed E-state index contributed by atoms with van der Waals surface area (Å²) in [6.07, 6.45) is -4.35. The minimum Gasteiger partial charge on any atom is -0.378 e. The third-order valence-corrected chi connectivity index (χ3v) is 5.55. The highest BCUT2D eigenvalue weighted by atomic mass is 32.2. The lowest BCUT2D eigenvalue weighted by molar-refractivity contribution is -0.137.